The summed E-state index contributed by atoms with van der Waals surface area (Å²) < 4.78 is 5.41. The van der Waals surface area contributed by atoms with Crippen molar-refractivity contribution >= 4 is 23.2 Å². The second-order valence-electron chi connectivity index (χ2n) is 9.89. The van der Waals surface area contributed by atoms with Gasteiger partial charge in [0.25, 0.3) is 0 Å². The standard InChI is InChI=1S/C27H38N4O3S/c1-19(2)26(32)31(16-21-6-5-7-23(14-21)34-4)22-15-25(27(33)29-12-10-28-11-13-29)30(17-22)18-24-9-8-20(3)35-24/h5-9,14,19,22,25,28H,10-13,15-18H2,1-4H3. The number of methoxy groups -OCH3 is 1. The molecule has 2 aliphatic heterocycles. The molecule has 8 heteroatoms. The molecule has 1 N–H and O–H groups in total. The van der Waals surface area contributed by atoms with E-state index in [0.29, 0.717) is 19.5 Å². The summed E-state index contributed by atoms with van der Waals surface area (Å²) in [5.74, 6) is 0.991. The average Bonchev–Trinajstić information content (AvgIpc) is 3.48. The minimum Gasteiger partial charge on any atom is -0.497 e. The molecule has 2 aromatic rings. The van der Waals surface area contributed by atoms with E-state index in [-0.39, 0.29) is 29.8 Å². The number of hydrogen-bond acceptors (Lipinski definition) is 6. The van der Waals surface area contributed by atoms with Gasteiger partial charge in [-0.3, -0.25) is 14.5 Å². The number of nitrogens with zero attached hydrogens (tertiary/aromatic N) is 3. The van der Waals surface area contributed by atoms with Gasteiger partial charge in [-0.15, -0.1) is 11.3 Å². The number of thiophene rings is 1. The van der Waals surface area contributed by atoms with Gasteiger partial charge in [-0.05, 0) is 43.2 Å². The van der Waals surface area contributed by atoms with Crippen LogP contribution in [-0.4, -0.2) is 78.4 Å². The first-order valence-corrected chi connectivity index (χ1v) is 13.4. The van der Waals surface area contributed by atoms with Crippen LogP contribution >= 0.6 is 11.3 Å². The third kappa shape index (κ3) is 6.23. The number of piperazine rings is 1. The number of likely N-dealkylation sites (tertiary alicyclic amines) is 1. The van der Waals surface area contributed by atoms with E-state index in [0.717, 1.165) is 44.0 Å². The number of ether oxygens (including phenoxy) is 1. The van der Waals surface area contributed by atoms with Crippen LogP contribution in [0.25, 0.3) is 0 Å². The van der Waals surface area contributed by atoms with Crippen LogP contribution in [0.15, 0.2) is 36.4 Å². The van der Waals surface area contributed by atoms with Crippen LogP contribution in [0, 0.1) is 12.8 Å². The van der Waals surface area contributed by atoms with Crippen LogP contribution in [0.3, 0.4) is 0 Å². The third-order valence-electron chi connectivity index (χ3n) is 6.95. The Hall–Kier alpha value is -2.42. The first-order valence-electron chi connectivity index (χ1n) is 12.6. The zero-order chi connectivity index (χ0) is 24.9. The molecule has 0 aliphatic carbocycles. The van der Waals surface area contributed by atoms with E-state index < -0.39 is 0 Å². The molecule has 2 saturated heterocycles. The smallest absolute Gasteiger partial charge is 0.240 e. The number of amides is 2. The molecule has 0 bridgehead atoms. The lowest BCUT2D eigenvalue weighted by molar-refractivity contribution is -0.138. The maximum atomic E-state index is 13.7. The van der Waals surface area contributed by atoms with Gasteiger partial charge in [-0.2, -0.15) is 0 Å². The number of hydrogen-bond donors (Lipinski definition) is 1. The van der Waals surface area contributed by atoms with Gasteiger partial charge in [-0.25, -0.2) is 0 Å². The number of carbonyl (C=O) groups is 2. The van der Waals surface area contributed by atoms with Crippen molar-refractivity contribution in [2.45, 2.75) is 52.4 Å². The summed E-state index contributed by atoms with van der Waals surface area (Å²) in [6.45, 7) is 11.1. The molecule has 7 nitrogen and oxygen atoms in total. The number of aryl methyl sites for hydroxylation is 1. The average molecular weight is 499 g/mol. The molecule has 0 saturated carbocycles. The van der Waals surface area contributed by atoms with E-state index in [2.05, 4.69) is 29.3 Å². The molecule has 2 fully saturated rings. The highest BCUT2D eigenvalue weighted by Gasteiger charge is 2.42. The zero-order valence-corrected chi connectivity index (χ0v) is 22.1. The number of carbonyl (C=O) groups excluding carboxylic acids is 2. The summed E-state index contributed by atoms with van der Waals surface area (Å²) in [6.07, 6.45) is 0.662. The molecule has 3 heterocycles. The maximum absolute atomic E-state index is 13.7. The van der Waals surface area contributed by atoms with E-state index in [9.17, 15) is 9.59 Å². The quantitative estimate of drug-likeness (QED) is 0.606. The molecule has 2 amide bonds. The Morgan fingerprint density at radius 3 is 2.63 bits per heavy atom. The molecule has 1 aromatic carbocycles. The molecule has 190 valence electrons. The lowest BCUT2D eigenvalue weighted by Crippen LogP contribution is -2.52. The normalized spacial score (nSPS) is 20.9. The summed E-state index contributed by atoms with van der Waals surface area (Å²) in [5, 5.41) is 3.34. The lowest BCUT2D eigenvalue weighted by Gasteiger charge is -2.32. The van der Waals surface area contributed by atoms with Crippen LogP contribution in [0.1, 0.15) is 35.6 Å². The molecule has 0 spiro atoms. The minimum absolute atomic E-state index is 0.0194. The predicted molar refractivity (Wildman–Crippen MR) is 139 cm³/mol. The fourth-order valence-electron chi connectivity index (χ4n) is 5.09. The Morgan fingerprint density at radius 1 is 1.20 bits per heavy atom. The molecule has 4 rings (SSSR count). The molecule has 1 aromatic heterocycles. The van der Waals surface area contributed by atoms with Gasteiger partial charge in [0.1, 0.15) is 5.75 Å². The van der Waals surface area contributed by atoms with Gasteiger partial charge in [0, 0.05) is 67.5 Å². The van der Waals surface area contributed by atoms with Gasteiger partial charge in [0.05, 0.1) is 13.2 Å². The maximum Gasteiger partial charge on any atom is 0.240 e. The largest absolute Gasteiger partial charge is 0.497 e. The van der Waals surface area contributed by atoms with Crippen LogP contribution in [0.4, 0.5) is 0 Å². The number of rotatable bonds is 8. The summed E-state index contributed by atoms with van der Waals surface area (Å²) in [5.41, 5.74) is 1.04. The van der Waals surface area contributed by atoms with Crippen molar-refractivity contribution in [2.24, 2.45) is 5.92 Å². The van der Waals surface area contributed by atoms with Crippen LogP contribution in [0.5, 0.6) is 5.75 Å². The second-order valence-corrected chi connectivity index (χ2v) is 11.3. The van der Waals surface area contributed by atoms with Crippen molar-refractivity contribution < 1.29 is 14.3 Å². The molecule has 2 aliphatic rings. The topological polar surface area (TPSA) is 65.1 Å². The van der Waals surface area contributed by atoms with Crippen molar-refractivity contribution in [1.82, 2.24) is 20.0 Å². The molecular weight excluding hydrogens is 460 g/mol. The van der Waals surface area contributed by atoms with E-state index in [1.54, 1.807) is 18.4 Å². The van der Waals surface area contributed by atoms with Crippen molar-refractivity contribution in [1.29, 1.82) is 0 Å². The fourth-order valence-corrected chi connectivity index (χ4v) is 6.01. The third-order valence-corrected chi connectivity index (χ3v) is 7.94. The van der Waals surface area contributed by atoms with E-state index in [1.807, 2.05) is 47.9 Å². The molecule has 0 radical (unpaired) electrons. The Morgan fingerprint density at radius 2 is 1.97 bits per heavy atom. The second kappa shape index (κ2) is 11.5. The Balaban J connectivity index is 1.59. The van der Waals surface area contributed by atoms with Crippen molar-refractivity contribution in [3.63, 3.8) is 0 Å². The lowest BCUT2D eigenvalue weighted by atomic mass is 10.1. The van der Waals surface area contributed by atoms with Gasteiger partial charge in [-0.1, -0.05) is 26.0 Å². The van der Waals surface area contributed by atoms with Crippen molar-refractivity contribution in [2.75, 3.05) is 39.8 Å². The summed E-state index contributed by atoms with van der Waals surface area (Å²) in [7, 11) is 1.66. The van der Waals surface area contributed by atoms with Crippen LogP contribution in [0.2, 0.25) is 0 Å². The number of nitrogens with one attached hydrogen (secondary N) is 1. The highest BCUT2D eigenvalue weighted by atomic mass is 32.1. The molecule has 35 heavy (non-hydrogen) atoms. The fraction of sp³-hybridized carbons (Fsp3) is 0.556. The first kappa shape index (κ1) is 25.7. The Labute approximate surface area is 213 Å². The van der Waals surface area contributed by atoms with E-state index >= 15 is 0 Å². The number of benzene rings is 1. The van der Waals surface area contributed by atoms with E-state index in [4.69, 9.17) is 4.74 Å². The zero-order valence-electron chi connectivity index (χ0n) is 21.3. The Bertz CT molecular complexity index is 1020. The highest BCUT2D eigenvalue weighted by molar-refractivity contribution is 7.11. The van der Waals surface area contributed by atoms with Crippen LogP contribution < -0.4 is 10.1 Å². The van der Waals surface area contributed by atoms with Gasteiger partial charge in [0.2, 0.25) is 11.8 Å². The van der Waals surface area contributed by atoms with Crippen LogP contribution in [-0.2, 0) is 22.7 Å². The summed E-state index contributed by atoms with van der Waals surface area (Å²) >= 11 is 1.78. The van der Waals surface area contributed by atoms with Gasteiger partial charge in [0.15, 0.2) is 0 Å². The minimum atomic E-state index is -0.215. The van der Waals surface area contributed by atoms with Crippen molar-refractivity contribution in [3.05, 3.63) is 51.7 Å². The summed E-state index contributed by atoms with van der Waals surface area (Å²) in [6, 6.07) is 12.0. The monoisotopic (exact) mass is 498 g/mol. The Kier molecular flexibility index (Phi) is 8.46. The van der Waals surface area contributed by atoms with Gasteiger partial charge >= 0.3 is 0 Å². The first-order chi connectivity index (χ1) is 16.9. The molecule has 2 unspecified atom stereocenters. The van der Waals surface area contributed by atoms with Crippen molar-refractivity contribution in [3.8, 4) is 5.75 Å². The van der Waals surface area contributed by atoms with Gasteiger partial charge < -0.3 is 19.9 Å². The predicted octanol–water partition coefficient (Wildman–Crippen LogP) is 3.12. The summed E-state index contributed by atoms with van der Waals surface area (Å²) in [4.78, 5) is 35.9. The molecular formula is C27H38N4O3S. The molecule has 2 atom stereocenters. The highest BCUT2D eigenvalue weighted by Crippen LogP contribution is 2.30. The van der Waals surface area contributed by atoms with E-state index in [1.165, 1.54) is 9.75 Å². The SMILES string of the molecule is COc1cccc(CN(C(=O)C(C)C)C2CC(C(=O)N3CCNCC3)N(Cc3ccc(C)s3)C2)c1.